The quantitative estimate of drug-likeness (QED) is 0.328. The largest absolute Gasteiger partial charge is 0.399 e. The van der Waals surface area contributed by atoms with Crippen LogP contribution in [0.25, 0.3) is 0 Å². The molecule has 0 aromatic heterocycles. The second-order valence-electron chi connectivity index (χ2n) is 5.49. The zero-order valence-corrected chi connectivity index (χ0v) is 18.6. The number of hydrogen-bond donors (Lipinski definition) is 0. The molecule has 23 heavy (non-hydrogen) atoms. The van der Waals surface area contributed by atoms with Gasteiger partial charge in [-0.05, 0) is 40.5 Å². The van der Waals surface area contributed by atoms with Gasteiger partial charge in [-0.15, -0.1) is 0 Å². The van der Waals surface area contributed by atoms with Crippen molar-refractivity contribution in [1.29, 1.82) is 0 Å². The third-order valence-electron chi connectivity index (χ3n) is 4.02. The summed E-state index contributed by atoms with van der Waals surface area (Å²) in [6, 6.07) is 0. The Morgan fingerprint density at radius 2 is 1.70 bits per heavy atom. The van der Waals surface area contributed by atoms with Gasteiger partial charge in [-0.3, -0.25) is 0 Å². The van der Waals surface area contributed by atoms with E-state index in [0.717, 1.165) is 49.6 Å². The third-order valence-corrected chi connectivity index (χ3v) is 6.70. The third kappa shape index (κ3) is 10.0. The van der Waals surface area contributed by atoms with E-state index in [9.17, 15) is 0 Å². The zero-order valence-electron chi connectivity index (χ0n) is 15.6. The Bertz CT molecular complexity index is 292. The van der Waals surface area contributed by atoms with E-state index >= 15 is 0 Å². The van der Waals surface area contributed by atoms with E-state index in [2.05, 4.69) is 25.7 Å². The molecule has 1 aliphatic rings. The van der Waals surface area contributed by atoms with Crippen LogP contribution in [0.3, 0.4) is 0 Å². The molecule has 0 amide bonds. The molecule has 1 saturated heterocycles. The van der Waals surface area contributed by atoms with E-state index in [0.29, 0.717) is 5.41 Å². The highest BCUT2D eigenvalue weighted by molar-refractivity contribution is 8.22. The van der Waals surface area contributed by atoms with E-state index < -0.39 is 10.0 Å². The van der Waals surface area contributed by atoms with Crippen molar-refractivity contribution in [2.75, 3.05) is 45.3 Å². The molecular weight excluding hydrogens is 346 g/mol. The van der Waals surface area contributed by atoms with E-state index in [1.54, 1.807) is 0 Å². The second-order valence-corrected chi connectivity index (χ2v) is 8.27. The smallest absolute Gasteiger partial charge is 0.304 e. The first-order valence-corrected chi connectivity index (χ1v) is 11.3. The topological polar surface area (TPSA) is 30.9 Å². The molecule has 1 rings (SSSR count). The molecule has 1 heterocycles. The van der Waals surface area contributed by atoms with Gasteiger partial charge in [-0.2, -0.15) is 0 Å². The minimum Gasteiger partial charge on any atom is -0.399 e. The average molecular weight is 382 g/mol. The number of nitrogens with zero attached hydrogens (tertiary/aromatic N) is 1. The fourth-order valence-corrected chi connectivity index (χ4v) is 4.18. The maximum absolute atomic E-state index is 5.41. The highest BCUT2D eigenvalue weighted by Gasteiger charge is 2.36. The van der Waals surface area contributed by atoms with Gasteiger partial charge in [0, 0.05) is 37.5 Å². The van der Waals surface area contributed by atoms with E-state index in [-0.39, 0.29) is 0 Å². The fourth-order valence-electron chi connectivity index (χ4n) is 2.07. The normalized spacial score (nSPS) is 15.3. The van der Waals surface area contributed by atoms with Crippen molar-refractivity contribution < 1.29 is 13.6 Å². The highest BCUT2D eigenvalue weighted by atomic mass is 32.2. The summed E-state index contributed by atoms with van der Waals surface area (Å²) in [4.78, 5) is 2.25. The molecule has 0 aromatic carbocycles. The molecule has 4 nitrogen and oxygen atoms in total. The van der Waals surface area contributed by atoms with Crippen LogP contribution in [0.1, 0.15) is 47.5 Å². The number of rotatable bonds is 10. The van der Waals surface area contributed by atoms with Crippen LogP contribution in [-0.4, -0.2) is 64.5 Å². The molecule has 0 aromatic rings. The Kier molecular flexibility index (Phi) is 14.9. The first kappa shape index (κ1) is 23.3. The first-order valence-electron chi connectivity index (χ1n) is 8.73. The lowest BCUT2D eigenvalue weighted by atomic mass is 9.81. The van der Waals surface area contributed by atoms with Gasteiger partial charge in [0.1, 0.15) is 4.32 Å². The molecular formula is C16H35NO3S2Si. The van der Waals surface area contributed by atoms with Crippen LogP contribution in [-0.2, 0) is 13.6 Å². The van der Waals surface area contributed by atoms with Crippen molar-refractivity contribution in [3.05, 3.63) is 0 Å². The molecule has 0 bridgehead atoms. The molecule has 0 N–H and O–H groups in total. The van der Waals surface area contributed by atoms with Crippen molar-refractivity contribution in [2.45, 2.75) is 47.5 Å². The highest BCUT2D eigenvalue weighted by Crippen LogP contribution is 2.36. The minimum absolute atomic E-state index is 0.464. The van der Waals surface area contributed by atoms with Crippen LogP contribution in [0, 0.1) is 5.41 Å². The number of thioether (sulfide) groups is 1. The van der Waals surface area contributed by atoms with Crippen molar-refractivity contribution >= 4 is 38.3 Å². The van der Waals surface area contributed by atoms with Crippen LogP contribution < -0.4 is 0 Å². The van der Waals surface area contributed by atoms with E-state index in [1.165, 1.54) is 12.8 Å². The van der Waals surface area contributed by atoms with Crippen LogP contribution in [0.15, 0.2) is 0 Å². The Hall–Kier alpha value is 0.337. The molecule has 1 aliphatic heterocycles. The first-order chi connectivity index (χ1) is 11.1. The lowest BCUT2D eigenvalue weighted by molar-refractivity contribution is -0.116. The second kappa shape index (κ2) is 14.7. The lowest BCUT2D eigenvalue weighted by Crippen LogP contribution is -2.42. The standard InChI is InChI=1S/C12H23NOS2.C4H12O2Si/c1-4-12(9-14-10-12)7-8-16-11(15)13(5-2)6-3;1-3-5-7-6-4-2/h4-10H2,1-3H3;3-4,7H2,1-2H3. The molecule has 0 atom stereocenters. The summed E-state index contributed by atoms with van der Waals surface area (Å²) in [6.07, 6.45) is 2.46. The number of ether oxygens (including phenoxy) is 1. The van der Waals surface area contributed by atoms with Gasteiger partial charge in [0.2, 0.25) is 0 Å². The maximum Gasteiger partial charge on any atom is 0.304 e. The molecule has 0 saturated carbocycles. The van der Waals surface area contributed by atoms with Crippen LogP contribution in [0.4, 0.5) is 0 Å². The van der Waals surface area contributed by atoms with Gasteiger partial charge >= 0.3 is 10.0 Å². The predicted molar refractivity (Wildman–Crippen MR) is 108 cm³/mol. The van der Waals surface area contributed by atoms with Crippen molar-refractivity contribution in [3.63, 3.8) is 0 Å². The molecule has 0 radical (unpaired) electrons. The fraction of sp³-hybridized carbons (Fsp3) is 0.938. The molecule has 7 heteroatoms. The van der Waals surface area contributed by atoms with Gasteiger partial charge in [-0.25, -0.2) is 0 Å². The summed E-state index contributed by atoms with van der Waals surface area (Å²) >= 11 is 7.24. The number of hydrogen-bond acceptors (Lipinski definition) is 5. The summed E-state index contributed by atoms with van der Waals surface area (Å²) in [5.41, 5.74) is 0.464. The SMILES string of the molecule is CCN(CC)C(=S)SCCC1(CC)COC1.CCO[SiH2]OCC. The van der Waals surface area contributed by atoms with Gasteiger partial charge in [0.15, 0.2) is 0 Å². The zero-order chi connectivity index (χ0) is 17.6. The molecule has 0 unspecified atom stereocenters. The summed E-state index contributed by atoms with van der Waals surface area (Å²) in [7, 11) is -0.589. The van der Waals surface area contributed by atoms with Gasteiger partial charge in [-0.1, -0.05) is 30.9 Å². The van der Waals surface area contributed by atoms with Crippen molar-refractivity contribution in [2.24, 2.45) is 5.41 Å². The van der Waals surface area contributed by atoms with E-state index in [1.807, 2.05) is 25.6 Å². The van der Waals surface area contributed by atoms with Crippen LogP contribution >= 0.6 is 24.0 Å². The summed E-state index contributed by atoms with van der Waals surface area (Å²) in [5.74, 6) is 1.13. The molecule has 0 aliphatic carbocycles. The Labute approximate surface area is 155 Å². The van der Waals surface area contributed by atoms with Crippen LogP contribution in [0.5, 0.6) is 0 Å². The van der Waals surface area contributed by atoms with Gasteiger partial charge in [0.25, 0.3) is 0 Å². The molecule has 138 valence electrons. The van der Waals surface area contributed by atoms with Crippen molar-refractivity contribution in [3.8, 4) is 0 Å². The Morgan fingerprint density at radius 1 is 1.13 bits per heavy atom. The van der Waals surface area contributed by atoms with Crippen LogP contribution in [0.2, 0.25) is 0 Å². The monoisotopic (exact) mass is 381 g/mol. The maximum atomic E-state index is 5.41. The predicted octanol–water partition coefficient (Wildman–Crippen LogP) is 3.22. The summed E-state index contributed by atoms with van der Waals surface area (Å²) < 4.78 is 16.4. The summed E-state index contributed by atoms with van der Waals surface area (Å²) in [6.45, 7) is 16.1. The Morgan fingerprint density at radius 3 is 2.04 bits per heavy atom. The molecule has 0 spiro atoms. The number of thiocarbonyl (C=S) groups is 1. The average Bonchev–Trinajstić information content (AvgIpc) is 2.52. The minimum atomic E-state index is -0.589. The van der Waals surface area contributed by atoms with Crippen molar-refractivity contribution in [1.82, 2.24) is 4.90 Å². The summed E-state index contributed by atoms with van der Waals surface area (Å²) in [5, 5.41) is 0. The van der Waals surface area contributed by atoms with E-state index in [4.69, 9.17) is 25.8 Å². The van der Waals surface area contributed by atoms with Gasteiger partial charge < -0.3 is 18.5 Å². The lowest BCUT2D eigenvalue weighted by Gasteiger charge is -2.41. The van der Waals surface area contributed by atoms with Gasteiger partial charge in [0.05, 0.1) is 13.2 Å². The molecule has 1 fully saturated rings. The Balaban J connectivity index is 0.000000585.